The Kier molecular flexibility index (Phi) is 2.96. The van der Waals surface area contributed by atoms with Crippen LogP contribution in [0.25, 0.3) is 0 Å². The lowest BCUT2D eigenvalue weighted by molar-refractivity contribution is -0.115. The van der Waals surface area contributed by atoms with Crippen LogP contribution in [-0.4, -0.2) is 16.3 Å². The second-order valence-corrected chi connectivity index (χ2v) is 4.26. The van der Waals surface area contributed by atoms with E-state index < -0.39 is 0 Å². The molecule has 1 aromatic rings. The molecule has 5 heteroatoms. The van der Waals surface area contributed by atoms with E-state index in [2.05, 4.69) is 5.32 Å². The first-order valence-electron chi connectivity index (χ1n) is 4.67. The lowest BCUT2D eigenvalue weighted by Crippen LogP contribution is -2.17. The number of allylic oxidation sites excluding steroid dienone is 1. The van der Waals surface area contributed by atoms with Gasteiger partial charge < -0.3 is 5.11 Å². The summed E-state index contributed by atoms with van der Waals surface area (Å²) in [5.41, 5.74) is 0.725. The SMILES string of the molecule is O=C1NC(=O)C(=CCc2ccccc2O)S1. The zero-order valence-electron chi connectivity index (χ0n) is 8.27. The molecule has 0 saturated carbocycles. The van der Waals surface area contributed by atoms with Crippen LogP contribution in [0.2, 0.25) is 0 Å². The lowest BCUT2D eigenvalue weighted by atomic mass is 10.1. The topological polar surface area (TPSA) is 66.4 Å². The Morgan fingerprint density at radius 2 is 2.06 bits per heavy atom. The van der Waals surface area contributed by atoms with Crippen molar-refractivity contribution in [1.82, 2.24) is 5.32 Å². The number of nitrogens with one attached hydrogen (secondary N) is 1. The number of imide groups is 1. The molecular formula is C11H9NO3S. The van der Waals surface area contributed by atoms with Crippen molar-refractivity contribution in [2.45, 2.75) is 6.42 Å². The molecule has 1 fully saturated rings. The highest BCUT2D eigenvalue weighted by atomic mass is 32.2. The monoisotopic (exact) mass is 235 g/mol. The number of carbonyl (C=O) groups is 2. The van der Waals surface area contributed by atoms with Gasteiger partial charge in [0, 0.05) is 0 Å². The number of rotatable bonds is 2. The van der Waals surface area contributed by atoms with E-state index in [-0.39, 0.29) is 16.9 Å². The van der Waals surface area contributed by atoms with E-state index in [1.807, 2.05) is 0 Å². The molecular weight excluding hydrogens is 226 g/mol. The van der Waals surface area contributed by atoms with Gasteiger partial charge in [-0.05, 0) is 29.8 Å². The molecule has 16 heavy (non-hydrogen) atoms. The van der Waals surface area contributed by atoms with Gasteiger partial charge in [-0.1, -0.05) is 24.3 Å². The van der Waals surface area contributed by atoms with Gasteiger partial charge in [0.15, 0.2) is 0 Å². The summed E-state index contributed by atoms with van der Waals surface area (Å²) in [5, 5.41) is 11.3. The van der Waals surface area contributed by atoms with Crippen molar-refractivity contribution in [2.24, 2.45) is 0 Å². The Bertz CT molecular complexity index is 482. The predicted octanol–water partition coefficient (Wildman–Crippen LogP) is 1.80. The molecule has 1 aliphatic heterocycles. The Labute approximate surface area is 96.4 Å². The van der Waals surface area contributed by atoms with Crippen molar-refractivity contribution < 1.29 is 14.7 Å². The third kappa shape index (κ3) is 2.25. The first-order valence-corrected chi connectivity index (χ1v) is 5.48. The molecule has 0 radical (unpaired) electrons. The van der Waals surface area contributed by atoms with E-state index in [0.29, 0.717) is 11.3 Å². The molecule has 1 saturated heterocycles. The van der Waals surface area contributed by atoms with Crippen molar-refractivity contribution in [2.75, 3.05) is 0 Å². The molecule has 0 spiro atoms. The number of phenols is 1. The molecule has 2 rings (SSSR count). The molecule has 2 N–H and O–H groups in total. The maximum atomic E-state index is 11.2. The second kappa shape index (κ2) is 4.40. The Hall–Kier alpha value is -1.75. The number of hydrogen-bond acceptors (Lipinski definition) is 4. The van der Waals surface area contributed by atoms with Crippen LogP contribution in [0.1, 0.15) is 5.56 Å². The predicted molar refractivity (Wildman–Crippen MR) is 61.0 cm³/mol. The molecule has 1 aliphatic rings. The molecule has 2 amide bonds. The molecule has 0 aliphatic carbocycles. The molecule has 1 heterocycles. The van der Waals surface area contributed by atoms with Gasteiger partial charge >= 0.3 is 0 Å². The highest BCUT2D eigenvalue weighted by molar-refractivity contribution is 8.18. The zero-order valence-corrected chi connectivity index (χ0v) is 9.08. The zero-order chi connectivity index (χ0) is 11.5. The average molecular weight is 235 g/mol. The summed E-state index contributed by atoms with van der Waals surface area (Å²) in [7, 11) is 0. The van der Waals surface area contributed by atoms with Crippen molar-refractivity contribution in [1.29, 1.82) is 0 Å². The Morgan fingerprint density at radius 3 is 2.69 bits per heavy atom. The smallest absolute Gasteiger partial charge is 0.290 e. The maximum Gasteiger partial charge on any atom is 0.290 e. The highest BCUT2D eigenvalue weighted by Gasteiger charge is 2.24. The minimum absolute atomic E-state index is 0.189. The largest absolute Gasteiger partial charge is 0.508 e. The van der Waals surface area contributed by atoms with Crippen LogP contribution < -0.4 is 5.32 Å². The van der Waals surface area contributed by atoms with Gasteiger partial charge in [0.2, 0.25) is 0 Å². The summed E-state index contributed by atoms with van der Waals surface area (Å²) in [6, 6.07) is 6.89. The van der Waals surface area contributed by atoms with E-state index in [1.165, 1.54) is 0 Å². The Balaban J connectivity index is 2.13. The van der Waals surface area contributed by atoms with Gasteiger partial charge in [-0.2, -0.15) is 0 Å². The van der Waals surface area contributed by atoms with Crippen LogP contribution >= 0.6 is 11.8 Å². The van der Waals surface area contributed by atoms with Crippen molar-refractivity contribution in [3.05, 3.63) is 40.8 Å². The van der Waals surface area contributed by atoms with Crippen molar-refractivity contribution in [3.8, 4) is 5.75 Å². The molecule has 0 unspecified atom stereocenters. The molecule has 0 atom stereocenters. The summed E-state index contributed by atoms with van der Waals surface area (Å²) in [5.74, 6) is -0.181. The minimum atomic E-state index is -0.370. The number of thioether (sulfide) groups is 1. The van der Waals surface area contributed by atoms with Gasteiger partial charge in [0.05, 0.1) is 4.91 Å². The highest BCUT2D eigenvalue weighted by Crippen LogP contribution is 2.24. The number of aromatic hydroxyl groups is 1. The maximum absolute atomic E-state index is 11.2. The number of amides is 2. The molecule has 0 bridgehead atoms. The fourth-order valence-electron chi connectivity index (χ4n) is 1.35. The van der Waals surface area contributed by atoms with Crippen LogP contribution in [0.15, 0.2) is 35.2 Å². The lowest BCUT2D eigenvalue weighted by Gasteiger charge is -1.99. The third-order valence-electron chi connectivity index (χ3n) is 2.14. The van der Waals surface area contributed by atoms with E-state index in [4.69, 9.17) is 0 Å². The number of phenolic OH excluding ortho intramolecular Hbond substituents is 1. The molecule has 82 valence electrons. The summed E-state index contributed by atoms with van der Waals surface area (Å²) in [6.45, 7) is 0. The molecule has 0 aromatic heterocycles. The number of carbonyl (C=O) groups excluding carboxylic acids is 2. The van der Waals surface area contributed by atoms with Crippen molar-refractivity contribution in [3.63, 3.8) is 0 Å². The molecule has 4 nitrogen and oxygen atoms in total. The second-order valence-electron chi connectivity index (χ2n) is 3.24. The van der Waals surface area contributed by atoms with Gasteiger partial charge in [-0.15, -0.1) is 0 Å². The van der Waals surface area contributed by atoms with Crippen LogP contribution in [0.5, 0.6) is 5.75 Å². The van der Waals surface area contributed by atoms with Crippen LogP contribution in [-0.2, 0) is 11.2 Å². The normalized spacial score (nSPS) is 17.9. The number of para-hydroxylation sites is 1. The van der Waals surface area contributed by atoms with E-state index in [1.54, 1.807) is 30.3 Å². The van der Waals surface area contributed by atoms with E-state index in [9.17, 15) is 14.7 Å². The van der Waals surface area contributed by atoms with Gasteiger partial charge in [-0.3, -0.25) is 14.9 Å². The first-order chi connectivity index (χ1) is 7.66. The molecule has 1 aromatic carbocycles. The summed E-state index contributed by atoms with van der Waals surface area (Å²) >= 11 is 0.879. The van der Waals surface area contributed by atoms with Gasteiger partial charge in [0.1, 0.15) is 5.75 Å². The third-order valence-corrected chi connectivity index (χ3v) is 3.00. The average Bonchev–Trinajstić information content (AvgIpc) is 2.56. The van der Waals surface area contributed by atoms with Gasteiger partial charge in [-0.25, -0.2) is 0 Å². The summed E-state index contributed by atoms with van der Waals surface area (Å²) < 4.78 is 0. The van der Waals surface area contributed by atoms with Gasteiger partial charge in [0.25, 0.3) is 11.1 Å². The summed E-state index contributed by atoms with van der Waals surface area (Å²) in [4.78, 5) is 22.5. The van der Waals surface area contributed by atoms with E-state index >= 15 is 0 Å². The first kappa shape index (κ1) is 10.8. The standard InChI is InChI=1S/C11H9NO3S/c13-8-4-2-1-3-7(8)5-6-9-10(14)12-11(15)16-9/h1-4,6,13H,5H2,(H,12,14,15). The minimum Gasteiger partial charge on any atom is -0.508 e. The van der Waals surface area contributed by atoms with Crippen LogP contribution in [0.3, 0.4) is 0 Å². The van der Waals surface area contributed by atoms with Crippen LogP contribution in [0.4, 0.5) is 4.79 Å². The fourth-order valence-corrected chi connectivity index (χ4v) is 2.00. The summed E-state index contributed by atoms with van der Waals surface area (Å²) in [6.07, 6.45) is 2.07. The van der Waals surface area contributed by atoms with E-state index in [0.717, 1.165) is 17.3 Å². The number of hydrogen-bond donors (Lipinski definition) is 2. The quantitative estimate of drug-likeness (QED) is 0.767. The fraction of sp³-hybridized carbons (Fsp3) is 0.0909. The Morgan fingerprint density at radius 1 is 1.31 bits per heavy atom. The van der Waals surface area contributed by atoms with Crippen LogP contribution in [0, 0.1) is 0 Å². The number of benzene rings is 1. The van der Waals surface area contributed by atoms with Crippen molar-refractivity contribution >= 4 is 22.9 Å².